The minimum Gasteiger partial charge on any atom is -0.464 e. The molecule has 4 nitrogen and oxygen atoms in total. The predicted molar refractivity (Wildman–Crippen MR) is 87.7 cm³/mol. The highest BCUT2D eigenvalue weighted by Crippen LogP contribution is 2.20. The van der Waals surface area contributed by atoms with Gasteiger partial charge in [-0.05, 0) is 38.2 Å². The summed E-state index contributed by atoms with van der Waals surface area (Å²) in [6, 6.07) is 8.27. The number of aryl methyl sites for hydroxylation is 1. The zero-order chi connectivity index (χ0) is 17.0. The van der Waals surface area contributed by atoms with Crippen molar-refractivity contribution in [2.75, 3.05) is 20.6 Å². The maximum absolute atomic E-state index is 13.8. The van der Waals surface area contributed by atoms with Gasteiger partial charge in [-0.2, -0.15) is 0 Å². The molecule has 0 N–H and O–H groups in total. The normalized spacial score (nSPS) is 11.0. The first-order chi connectivity index (χ1) is 10.9. The predicted octanol–water partition coefficient (Wildman–Crippen LogP) is 3.47. The molecule has 0 aliphatic carbocycles. The maximum atomic E-state index is 13.8. The van der Waals surface area contributed by atoms with E-state index in [1.807, 2.05) is 19.1 Å². The molecule has 124 valence electrons. The molecule has 0 spiro atoms. The average Bonchev–Trinajstić information content (AvgIpc) is 2.88. The van der Waals surface area contributed by atoms with E-state index < -0.39 is 0 Å². The first-order valence-corrected chi connectivity index (χ1v) is 7.65. The molecule has 0 radical (unpaired) electrons. The molecule has 0 aliphatic heterocycles. The van der Waals surface area contributed by atoms with Crippen LogP contribution in [0, 0.1) is 12.7 Å². The molecule has 1 heterocycles. The largest absolute Gasteiger partial charge is 0.464 e. The highest BCUT2D eigenvalue weighted by Gasteiger charge is 2.16. The lowest BCUT2D eigenvalue weighted by atomic mass is 10.2. The zero-order valence-corrected chi connectivity index (χ0v) is 14.2. The Morgan fingerprint density at radius 1 is 1.22 bits per heavy atom. The van der Waals surface area contributed by atoms with Crippen LogP contribution in [0.1, 0.15) is 17.1 Å². The number of carbonyl (C=O) groups excluding carboxylic acids is 1. The molecule has 0 atom stereocenters. The standard InChI is InChI=1S/C17H20ClFN2O2/c1-12-7-8-13(23-12)9-21(3)17(22)11-20(2)10-14-15(18)5-4-6-16(14)19/h4-8H,9-11H2,1-3H3. The Morgan fingerprint density at radius 2 is 1.96 bits per heavy atom. The molecule has 1 aromatic carbocycles. The van der Waals surface area contributed by atoms with E-state index in [2.05, 4.69) is 0 Å². The highest BCUT2D eigenvalue weighted by atomic mass is 35.5. The van der Waals surface area contributed by atoms with Crippen LogP contribution in [0.2, 0.25) is 5.02 Å². The minimum absolute atomic E-state index is 0.0750. The summed E-state index contributed by atoms with van der Waals surface area (Å²) in [6.45, 7) is 2.70. The van der Waals surface area contributed by atoms with Gasteiger partial charge in [0, 0.05) is 24.2 Å². The van der Waals surface area contributed by atoms with Gasteiger partial charge in [0.15, 0.2) is 0 Å². The van der Waals surface area contributed by atoms with Crippen LogP contribution >= 0.6 is 11.6 Å². The molecule has 2 aromatic rings. The Hall–Kier alpha value is -1.85. The van der Waals surface area contributed by atoms with Crippen LogP contribution in [0.4, 0.5) is 4.39 Å². The minimum atomic E-state index is -0.365. The molecule has 0 saturated heterocycles. The molecule has 1 amide bonds. The van der Waals surface area contributed by atoms with E-state index in [0.717, 1.165) is 11.5 Å². The second-order valence-electron chi connectivity index (χ2n) is 5.63. The van der Waals surface area contributed by atoms with Crippen molar-refractivity contribution in [2.24, 2.45) is 0 Å². The van der Waals surface area contributed by atoms with E-state index in [1.54, 1.807) is 36.0 Å². The van der Waals surface area contributed by atoms with Crippen LogP contribution < -0.4 is 0 Å². The first-order valence-electron chi connectivity index (χ1n) is 7.27. The average molecular weight is 339 g/mol. The Bertz CT molecular complexity index is 667. The number of furan rings is 1. The number of hydrogen-bond donors (Lipinski definition) is 0. The first kappa shape index (κ1) is 17.5. The summed E-state index contributed by atoms with van der Waals surface area (Å²) < 4.78 is 19.2. The van der Waals surface area contributed by atoms with Crippen LogP contribution in [0.15, 0.2) is 34.7 Å². The number of nitrogens with zero attached hydrogens (tertiary/aromatic N) is 2. The number of hydrogen-bond acceptors (Lipinski definition) is 3. The Morgan fingerprint density at radius 3 is 2.57 bits per heavy atom. The number of carbonyl (C=O) groups is 1. The number of benzene rings is 1. The summed E-state index contributed by atoms with van der Waals surface area (Å²) in [5.41, 5.74) is 0.397. The van der Waals surface area contributed by atoms with Crippen molar-refractivity contribution >= 4 is 17.5 Å². The molecular weight excluding hydrogens is 319 g/mol. The van der Waals surface area contributed by atoms with Crippen molar-refractivity contribution in [2.45, 2.75) is 20.0 Å². The third kappa shape index (κ3) is 4.81. The second kappa shape index (κ2) is 7.62. The van der Waals surface area contributed by atoms with Gasteiger partial charge in [0.25, 0.3) is 0 Å². The summed E-state index contributed by atoms with van der Waals surface area (Å²) in [7, 11) is 3.47. The Balaban J connectivity index is 1.91. The van der Waals surface area contributed by atoms with E-state index in [0.29, 0.717) is 17.1 Å². The molecule has 0 bridgehead atoms. The third-order valence-corrected chi connectivity index (χ3v) is 3.86. The summed E-state index contributed by atoms with van der Waals surface area (Å²) in [6.07, 6.45) is 0. The maximum Gasteiger partial charge on any atom is 0.236 e. The second-order valence-corrected chi connectivity index (χ2v) is 6.04. The van der Waals surface area contributed by atoms with Crippen LogP contribution in [0.5, 0.6) is 0 Å². The third-order valence-electron chi connectivity index (χ3n) is 3.51. The van der Waals surface area contributed by atoms with E-state index in [-0.39, 0.29) is 24.8 Å². The van der Waals surface area contributed by atoms with E-state index >= 15 is 0 Å². The fourth-order valence-corrected chi connectivity index (χ4v) is 2.48. The van der Waals surface area contributed by atoms with Crippen LogP contribution in [0.3, 0.4) is 0 Å². The van der Waals surface area contributed by atoms with Gasteiger partial charge < -0.3 is 9.32 Å². The summed E-state index contributed by atoms with van der Waals surface area (Å²) in [5.74, 6) is 1.11. The molecule has 1 aromatic heterocycles. The topological polar surface area (TPSA) is 36.7 Å². The lowest BCUT2D eigenvalue weighted by molar-refractivity contribution is -0.131. The lowest BCUT2D eigenvalue weighted by Crippen LogP contribution is -2.36. The summed E-state index contributed by atoms with van der Waals surface area (Å²) in [4.78, 5) is 15.6. The molecule has 6 heteroatoms. The van der Waals surface area contributed by atoms with Crippen molar-refractivity contribution in [1.29, 1.82) is 0 Å². The lowest BCUT2D eigenvalue weighted by Gasteiger charge is -2.21. The van der Waals surface area contributed by atoms with E-state index in [9.17, 15) is 9.18 Å². The molecule has 0 unspecified atom stereocenters. The summed E-state index contributed by atoms with van der Waals surface area (Å²) in [5, 5.41) is 0.365. The van der Waals surface area contributed by atoms with Gasteiger partial charge in [-0.25, -0.2) is 4.39 Å². The quantitative estimate of drug-likeness (QED) is 0.809. The van der Waals surface area contributed by atoms with Crippen molar-refractivity contribution in [1.82, 2.24) is 9.80 Å². The van der Waals surface area contributed by atoms with Crippen molar-refractivity contribution < 1.29 is 13.6 Å². The van der Waals surface area contributed by atoms with Gasteiger partial charge >= 0.3 is 0 Å². The fourth-order valence-electron chi connectivity index (χ4n) is 2.25. The SMILES string of the molecule is Cc1ccc(CN(C)C(=O)CN(C)Cc2c(F)cccc2Cl)o1. The van der Waals surface area contributed by atoms with Gasteiger partial charge in [-0.1, -0.05) is 17.7 Å². The zero-order valence-electron chi connectivity index (χ0n) is 13.5. The van der Waals surface area contributed by atoms with Gasteiger partial charge in [-0.3, -0.25) is 9.69 Å². The van der Waals surface area contributed by atoms with Crippen LogP contribution in [-0.2, 0) is 17.9 Å². The van der Waals surface area contributed by atoms with Gasteiger partial charge in [-0.15, -0.1) is 0 Å². The molecule has 0 fully saturated rings. The number of amides is 1. The number of halogens is 2. The molecule has 2 rings (SSSR count). The molecule has 23 heavy (non-hydrogen) atoms. The van der Waals surface area contributed by atoms with Crippen molar-refractivity contribution in [3.63, 3.8) is 0 Å². The van der Waals surface area contributed by atoms with Crippen molar-refractivity contribution in [3.8, 4) is 0 Å². The van der Waals surface area contributed by atoms with Crippen molar-refractivity contribution in [3.05, 3.63) is 58.3 Å². The van der Waals surface area contributed by atoms with Gasteiger partial charge in [0.2, 0.25) is 5.91 Å². The fraction of sp³-hybridized carbons (Fsp3) is 0.353. The van der Waals surface area contributed by atoms with Crippen LogP contribution in [0.25, 0.3) is 0 Å². The van der Waals surface area contributed by atoms with E-state index in [1.165, 1.54) is 6.07 Å². The van der Waals surface area contributed by atoms with E-state index in [4.69, 9.17) is 16.0 Å². The van der Waals surface area contributed by atoms with Gasteiger partial charge in [0.1, 0.15) is 17.3 Å². The number of rotatable bonds is 6. The molecule has 0 aliphatic rings. The monoisotopic (exact) mass is 338 g/mol. The van der Waals surface area contributed by atoms with Crippen LogP contribution in [-0.4, -0.2) is 36.3 Å². The Kier molecular flexibility index (Phi) is 5.80. The smallest absolute Gasteiger partial charge is 0.236 e. The molecular formula is C17H20ClFN2O2. The summed E-state index contributed by atoms with van der Waals surface area (Å²) >= 11 is 6.01. The highest BCUT2D eigenvalue weighted by molar-refractivity contribution is 6.31. The number of likely N-dealkylation sites (N-methyl/N-ethyl adjacent to an activating group) is 2. The molecule has 0 saturated carbocycles. The van der Waals surface area contributed by atoms with Gasteiger partial charge in [0.05, 0.1) is 13.1 Å². The Labute approximate surface area is 140 Å².